The van der Waals surface area contributed by atoms with Gasteiger partial charge in [0, 0.05) is 25.5 Å². The lowest BCUT2D eigenvalue weighted by Crippen LogP contribution is -2.45. The average Bonchev–Trinajstić information content (AvgIpc) is 3.14. The molecule has 1 fully saturated rings. The largest absolute Gasteiger partial charge is 0.469 e. The molecule has 0 amide bonds. The van der Waals surface area contributed by atoms with Crippen LogP contribution >= 0.6 is 0 Å². The van der Waals surface area contributed by atoms with Gasteiger partial charge in [0.2, 0.25) is 10.0 Å². The van der Waals surface area contributed by atoms with Gasteiger partial charge in [0.15, 0.2) is 0 Å². The van der Waals surface area contributed by atoms with Gasteiger partial charge in [-0.2, -0.15) is 4.31 Å². The number of sulfonamides is 1. The molecule has 1 aromatic heterocycles. The highest BCUT2D eigenvalue weighted by atomic mass is 32.2. The summed E-state index contributed by atoms with van der Waals surface area (Å²) in [5.74, 6) is -0.210. The molecule has 1 aliphatic carbocycles. The minimum Gasteiger partial charge on any atom is -0.469 e. The van der Waals surface area contributed by atoms with Gasteiger partial charge in [0.25, 0.3) is 0 Å². The quantitative estimate of drug-likeness (QED) is 0.753. The number of esters is 1. The number of hydrogen-bond donors (Lipinski definition) is 0. The molecular formula is C13H19N3O4S. The molecule has 21 heavy (non-hydrogen) atoms. The topological polar surface area (TPSA) is 81.5 Å². The number of carbonyl (C=O) groups excluding carboxylic acids is 1. The zero-order chi connectivity index (χ0) is 15.0. The summed E-state index contributed by atoms with van der Waals surface area (Å²) in [7, 11) is -2.20. The second-order valence-electron chi connectivity index (χ2n) is 5.51. The van der Waals surface area contributed by atoms with Gasteiger partial charge in [0.1, 0.15) is 5.82 Å². The van der Waals surface area contributed by atoms with Crippen molar-refractivity contribution in [3.8, 4) is 0 Å². The molecule has 116 valence electrons. The van der Waals surface area contributed by atoms with E-state index in [9.17, 15) is 13.2 Å². The Bertz CT molecular complexity index is 640. The maximum Gasteiger partial charge on any atom is 0.310 e. The standard InChI is InChI=1S/C13H19N3O4S/c1-20-13(17)10-3-2-4-11(10)21(18,19)16-8-7-15-6-5-14-12(15)9-16/h5-6,10-11H,2-4,7-9H2,1H3. The molecule has 2 atom stereocenters. The van der Waals surface area contributed by atoms with Crippen molar-refractivity contribution in [2.75, 3.05) is 13.7 Å². The van der Waals surface area contributed by atoms with Crippen molar-refractivity contribution in [2.24, 2.45) is 5.92 Å². The maximum absolute atomic E-state index is 12.8. The molecule has 2 aliphatic rings. The van der Waals surface area contributed by atoms with E-state index in [4.69, 9.17) is 4.74 Å². The molecular weight excluding hydrogens is 294 g/mol. The van der Waals surface area contributed by atoms with E-state index >= 15 is 0 Å². The van der Waals surface area contributed by atoms with E-state index in [1.807, 2.05) is 10.8 Å². The van der Waals surface area contributed by atoms with E-state index in [0.29, 0.717) is 25.9 Å². The van der Waals surface area contributed by atoms with Gasteiger partial charge in [-0.1, -0.05) is 6.42 Å². The first-order valence-corrected chi connectivity index (χ1v) is 8.61. The first kappa shape index (κ1) is 14.5. The summed E-state index contributed by atoms with van der Waals surface area (Å²) in [5, 5.41) is -0.661. The summed E-state index contributed by atoms with van der Waals surface area (Å²) in [4.78, 5) is 16.0. The normalized spacial score (nSPS) is 26.5. The Balaban J connectivity index is 1.82. The number of rotatable bonds is 3. The molecule has 1 saturated carbocycles. The Hall–Kier alpha value is -1.41. The van der Waals surface area contributed by atoms with Crippen molar-refractivity contribution in [3.63, 3.8) is 0 Å². The van der Waals surface area contributed by atoms with Gasteiger partial charge in [-0.25, -0.2) is 13.4 Å². The lowest BCUT2D eigenvalue weighted by atomic mass is 10.1. The summed E-state index contributed by atoms with van der Waals surface area (Å²) in [6.07, 6.45) is 5.38. The first-order chi connectivity index (χ1) is 10.0. The molecule has 0 radical (unpaired) electrons. The molecule has 0 spiro atoms. The fourth-order valence-electron chi connectivity index (χ4n) is 3.26. The van der Waals surface area contributed by atoms with Gasteiger partial charge in [-0.3, -0.25) is 4.79 Å². The number of nitrogens with zero attached hydrogens (tertiary/aromatic N) is 3. The van der Waals surface area contributed by atoms with E-state index < -0.39 is 27.2 Å². The number of fused-ring (bicyclic) bond motifs is 1. The highest BCUT2D eigenvalue weighted by Crippen LogP contribution is 2.34. The highest BCUT2D eigenvalue weighted by Gasteiger charge is 2.45. The molecule has 1 aromatic rings. The molecule has 0 saturated heterocycles. The Morgan fingerprint density at radius 1 is 1.38 bits per heavy atom. The van der Waals surface area contributed by atoms with Gasteiger partial charge < -0.3 is 9.30 Å². The average molecular weight is 313 g/mol. The highest BCUT2D eigenvalue weighted by molar-refractivity contribution is 7.89. The lowest BCUT2D eigenvalue weighted by Gasteiger charge is -2.30. The Kier molecular flexibility index (Phi) is 3.75. The predicted molar refractivity (Wildman–Crippen MR) is 74.7 cm³/mol. The number of imidazole rings is 1. The second kappa shape index (κ2) is 5.42. The fraction of sp³-hybridized carbons (Fsp3) is 0.692. The van der Waals surface area contributed by atoms with Crippen molar-refractivity contribution < 1.29 is 17.9 Å². The van der Waals surface area contributed by atoms with Crippen LogP contribution in [-0.4, -0.2) is 47.1 Å². The third-order valence-corrected chi connectivity index (χ3v) is 6.77. The lowest BCUT2D eigenvalue weighted by molar-refractivity contribution is -0.145. The summed E-state index contributed by atoms with van der Waals surface area (Å²) in [6.45, 7) is 1.31. The van der Waals surface area contributed by atoms with Crippen LogP contribution in [-0.2, 0) is 32.6 Å². The van der Waals surface area contributed by atoms with E-state index in [1.165, 1.54) is 11.4 Å². The van der Waals surface area contributed by atoms with Crippen LogP contribution in [0.4, 0.5) is 0 Å². The summed E-state index contributed by atoms with van der Waals surface area (Å²) < 4.78 is 33.8. The minimum atomic E-state index is -3.51. The number of carbonyl (C=O) groups is 1. The predicted octanol–water partition coefficient (Wildman–Crippen LogP) is 0.370. The first-order valence-electron chi connectivity index (χ1n) is 7.11. The summed E-state index contributed by atoms with van der Waals surface area (Å²) >= 11 is 0. The Morgan fingerprint density at radius 2 is 2.19 bits per heavy atom. The third kappa shape index (κ3) is 2.46. The van der Waals surface area contributed by atoms with E-state index in [1.54, 1.807) is 6.20 Å². The van der Waals surface area contributed by atoms with E-state index in [2.05, 4.69) is 4.98 Å². The van der Waals surface area contributed by atoms with Crippen LogP contribution in [0.25, 0.3) is 0 Å². The fourth-order valence-corrected chi connectivity index (χ4v) is 5.40. The molecule has 1 aliphatic heterocycles. The van der Waals surface area contributed by atoms with Crippen LogP contribution in [0, 0.1) is 5.92 Å². The van der Waals surface area contributed by atoms with Crippen LogP contribution < -0.4 is 0 Å². The van der Waals surface area contributed by atoms with Crippen molar-refractivity contribution in [2.45, 2.75) is 37.6 Å². The Labute approximate surface area is 124 Å². The van der Waals surface area contributed by atoms with Crippen LogP contribution in [0.1, 0.15) is 25.1 Å². The maximum atomic E-state index is 12.8. The van der Waals surface area contributed by atoms with E-state index in [-0.39, 0.29) is 6.54 Å². The van der Waals surface area contributed by atoms with Gasteiger partial charge in [-0.05, 0) is 12.8 Å². The second-order valence-corrected chi connectivity index (χ2v) is 7.67. The van der Waals surface area contributed by atoms with Gasteiger partial charge >= 0.3 is 5.97 Å². The molecule has 2 unspecified atom stereocenters. The number of methoxy groups -OCH3 is 1. The Morgan fingerprint density at radius 3 is 2.95 bits per heavy atom. The molecule has 0 N–H and O–H groups in total. The van der Waals surface area contributed by atoms with E-state index in [0.717, 1.165) is 12.2 Å². The zero-order valence-electron chi connectivity index (χ0n) is 11.9. The summed E-state index contributed by atoms with van der Waals surface area (Å²) in [5.41, 5.74) is 0. The van der Waals surface area contributed by atoms with Crippen LogP contribution in [0.15, 0.2) is 12.4 Å². The molecule has 7 nitrogen and oxygen atoms in total. The van der Waals surface area contributed by atoms with Crippen LogP contribution in [0.3, 0.4) is 0 Å². The number of hydrogen-bond acceptors (Lipinski definition) is 5. The molecule has 0 bridgehead atoms. The third-order valence-electron chi connectivity index (χ3n) is 4.41. The SMILES string of the molecule is COC(=O)C1CCCC1S(=O)(=O)N1CCn2ccnc2C1. The zero-order valence-corrected chi connectivity index (χ0v) is 12.8. The molecule has 3 rings (SSSR count). The van der Waals surface area contributed by atoms with Crippen molar-refractivity contribution in [1.29, 1.82) is 0 Å². The number of ether oxygens (including phenoxy) is 1. The number of aromatic nitrogens is 2. The monoisotopic (exact) mass is 313 g/mol. The van der Waals surface area contributed by atoms with Crippen molar-refractivity contribution in [3.05, 3.63) is 18.2 Å². The minimum absolute atomic E-state index is 0.278. The smallest absolute Gasteiger partial charge is 0.310 e. The van der Waals surface area contributed by atoms with Gasteiger partial charge in [-0.15, -0.1) is 0 Å². The van der Waals surface area contributed by atoms with Crippen molar-refractivity contribution in [1.82, 2.24) is 13.9 Å². The van der Waals surface area contributed by atoms with Crippen molar-refractivity contribution >= 4 is 16.0 Å². The van der Waals surface area contributed by atoms with Crippen LogP contribution in [0.5, 0.6) is 0 Å². The summed E-state index contributed by atoms with van der Waals surface area (Å²) in [6, 6.07) is 0. The molecule has 0 aromatic carbocycles. The van der Waals surface area contributed by atoms with Crippen LogP contribution in [0.2, 0.25) is 0 Å². The van der Waals surface area contributed by atoms with Gasteiger partial charge in [0.05, 0.1) is 24.8 Å². The molecule has 2 heterocycles. The molecule has 8 heteroatoms.